The molecule has 2 aliphatic rings. The van der Waals surface area contributed by atoms with Crippen LogP contribution in [-0.2, 0) is 16.2 Å². The molecule has 1 fully saturated rings. The summed E-state index contributed by atoms with van der Waals surface area (Å²) in [7, 11) is 0. The van der Waals surface area contributed by atoms with E-state index >= 15 is 0 Å². The van der Waals surface area contributed by atoms with Crippen LogP contribution in [0.2, 0.25) is 5.02 Å². The number of amides is 2. The number of rotatable bonds is 3. The average molecular weight is 467 g/mol. The zero-order valence-electron chi connectivity index (χ0n) is 17.3. The molecule has 7 heteroatoms. The smallest absolute Gasteiger partial charge is 0.268 e. The molecule has 2 amide bonds. The second-order valence-electron chi connectivity index (χ2n) is 8.00. The summed E-state index contributed by atoms with van der Waals surface area (Å²) >= 11 is 7.76. The number of benzene rings is 3. The molecule has 0 bridgehead atoms. The van der Waals surface area contributed by atoms with Crippen LogP contribution in [0.5, 0.6) is 0 Å². The maximum Gasteiger partial charge on any atom is 0.268 e. The summed E-state index contributed by atoms with van der Waals surface area (Å²) in [6.45, 7) is 2.78. The Morgan fingerprint density at radius 2 is 1.94 bits per heavy atom. The third-order valence-electron chi connectivity index (χ3n) is 5.90. The number of anilines is 1. The van der Waals surface area contributed by atoms with E-state index in [1.54, 1.807) is 28.0 Å². The number of carbonyl (C=O) groups excluding carboxylic acids is 2. The van der Waals surface area contributed by atoms with Crippen LogP contribution in [0, 0.1) is 12.7 Å². The first-order valence-corrected chi connectivity index (χ1v) is 11.7. The van der Waals surface area contributed by atoms with E-state index in [1.807, 2.05) is 37.3 Å². The zero-order chi connectivity index (χ0) is 22.5. The Kier molecular flexibility index (Phi) is 5.22. The van der Waals surface area contributed by atoms with Crippen LogP contribution in [0.25, 0.3) is 0 Å². The minimum Gasteiger partial charge on any atom is -0.311 e. The van der Waals surface area contributed by atoms with Crippen molar-refractivity contribution in [1.29, 1.82) is 0 Å². The molecular formula is C25H20ClFN2O2S. The molecule has 32 heavy (non-hydrogen) atoms. The molecule has 3 aromatic rings. The summed E-state index contributed by atoms with van der Waals surface area (Å²) in [5.74, 6) is -0.439. The summed E-state index contributed by atoms with van der Waals surface area (Å²) in [5, 5.41) is 0.499. The highest BCUT2D eigenvalue weighted by molar-refractivity contribution is 8.01. The van der Waals surface area contributed by atoms with E-state index in [1.165, 1.54) is 30.0 Å². The molecule has 162 valence electrons. The van der Waals surface area contributed by atoms with Crippen molar-refractivity contribution in [3.05, 3.63) is 99.8 Å². The lowest BCUT2D eigenvalue weighted by molar-refractivity contribution is -0.123. The Morgan fingerprint density at radius 1 is 1.12 bits per heavy atom. The predicted molar refractivity (Wildman–Crippen MR) is 125 cm³/mol. The largest absolute Gasteiger partial charge is 0.311 e. The van der Waals surface area contributed by atoms with Gasteiger partial charge >= 0.3 is 0 Å². The Hall–Kier alpha value is -2.83. The fraction of sp³-hybridized carbons (Fsp3) is 0.200. The number of nitrogens with zero attached hydrogens (tertiary/aromatic N) is 2. The topological polar surface area (TPSA) is 40.6 Å². The summed E-state index contributed by atoms with van der Waals surface area (Å²) in [6.07, 6.45) is 0. The Balaban J connectivity index is 1.60. The van der Waals surface area contributed by atoms with Gasteiger partial charge in [0.05, 0.1) is 12.2 Å². The van der Waals surface area contributed by atoms with Crippen LogP contribution < -0.4 is 4.90 Å². The molecule has 0 saturated carbocycles. The highest BCUT2D eigenvalue weighted by atomic mass is 35.5. The third kappa shape index (κ3) is 3.29. The first-order valence-electron chi connectivity index (χ1n) is 10.3. The van der Waals surface area contributed by atoms with Gasteiger partial charge < -0.3 is 9.80 Å². The van der Waals surface area contributed by atoms with Crippen molar-refractivity contribution < 1.29 is 14.0 Å². The van der Waals surface area contributed by atoms with Gasteiger partial charge in [0.15, 0.2) is 4.87 Å². The Labute approximate surface area is 195 Å². The van der Waals surface area contributed by atoms with Gasteiger partial charge in [-0.15, -0.1) is 11.8 Å². The molecule has 1 saturated heterocycles. The quantitative estimate of drug-likeness (QED) is 0.520. The van der Waals surface area contributed by atoms with E-state index in [2.05, 4.69) is 0 Å². The van der Waals surface area contributed by atoms with E-state index < -0.39 is 10.7 Å². The van der Waals surface area contributed by atoms with E-state index in [-0.39, 0.29) is 17.4 Å². The van der Waals surface area contributed by atoms with E-state index in [9.17, 15) is 14.0 Å². The van der Waals surface area contributed by atoms with Gasteiger partial charge in [-0.05, 0) is 48.9 Å². The van der Waals surface area contributed by atoms with Gasteiger partial charge in [0.2, 0.25) is 0 Å². The lowest BCUT2D eigenvalue weighted by Gasteiger charge is -2.33. The minimum atomic E-state index is -1.21. The standard InChI is InChI=1S/C25H20ClFN2O2S/c1-16-4-2-5-17(12-16)15-28-22-9-8-19(26)14-21(22)25(24(28)31)29(10-11-32-25)23(30)18-6-3-7-20(27)13-18/h2-9,12-14H,10-11,15H2,1H3. The van der Waals surface area contributed by atoms with Gasteiger partial charge in [0, 0.05) is 28.4 Å². The molecule has 5 rings (SSSR count). The number of hydrogen-bond acceptors (Lipinski definition) is 3. The van der Waals surface area contributed by atoms with Gasteiger partial charge in [-0.2, -0.15) is 0 Å². The highest BCUT2D eigenvalue weighted by Crippen LogP contribution is 2.55. The van der Waals surface area contributed by atoms with Crippen LogP contribution in [-0.4, -0.2) is 29.0 Å². The summed E-state index contributed by atoms with van der Waals surface area (Å²) < 4.78 is 13.8. The molecule has 1 atom stereocenters. The third-order valence-corrected chi connectivity index (χ3v) is 7.55. The van der Waals surface area contributed by atoms with Gasteiger partial charge in [0.25, 0.3) is 11.8 Å². The number of thioether (sulfide) groups is 1. The van der Waals surface area contributed by atoms with Crippen molar-refractivity contribution in [1.82, 2.24) is 4.90 Å². The predicted octanol–water partition coefficient (Wildman–Crippen LogP) is 5.38. The lowest BCUT2D eigenvalue weighted by atomic mass is 10.0. The molecule has 2 heterocycles. The summed E-state index contributed by atoms with van der Waals surface area (Å²) in [4.78, 5) is 29.5. The van der Waals surface area contributed by atoms with E-state index in [4.69, 9.17) is 11.6 Å². The Bertz CT molecular complexity index is 1250. The fourth-order valence-corrected chi connectivity index (χ4v) is 6.14. The molecular weight excluding hydrogens is 447 g/mol. The van der Waals surface area contributed by atoms with Crippen LogP contribution in [0.15, 0.2) is 66.7 Å². The molecule has 0 aromatic heterocycles. The van der Waals surface area contributed by atoms with Crippen LogP contribution in [0.1, 0.15) is 27.0 Å². The number of halogens is 2. The SMILES string of the molecule is Cc1cccc(CN2C(=O)C3(SCCN3C(=O)c3cccc(F)c3)c3cc(Cl)ccc32)c1. The average Bonchev–Trinajstić information content (AvgIpc) is 3.30. The van der Waals surface area contributed by atoms with Gasteiger partial charge in [-0.3, -0.25) is 9.59 Å². The van der Waals surface area contributed by atoms with Crippen molar-refractivity contribution >= 4 is 40.9 Å². The van der Waals surface area contributed by atoms with E-state index in [0.717, 1.165) is 16.8 Å². The summed E-state index contributed by atoms with van der Waals surface area (Å²) in [5.41, 5.74) is 3.78. The maximum atomic E-state index is 14.0. The van der Waals surface area contributed by atoms with E-state index in [0.29, 0.717) is 29.4 Å². The minimum absolute atomic E-state index is 0.177. The zero-order valence-corrected chi connectivity index (χ0v) is 18.9. The number of aryl methyl sites for hydroxylation is 1. The molecule has 0 aliphatic carbocycles. The van der Waals surface area contributed by atoms with Gasteiger partial charge in [-0.1, -0.05) is 47.5 Å². The van der Waals surface area contributed by atoms with Crippen molar-refractivity contribution in [2.75, 3.05) is 17.2 Å². The normalized spacial score (nSPS) is 19.7. The molecule has 0 radical (unpaired) electrons. The number of carbonyl (C=O) groups is 2. The molecule has 4 nitrogen and oxygen atoms in total. The molecule has 0 N–H and O–H groups in total. The molecule has 1 unspecified atom stereocenters. The number of fused-ring (bicyclic) bond motifs is 2. The monoisotopic (exact) mass is 466 g/mol. The first-order chi connectivity index (χ1) is 15.4. The molecule has 2 aliphatic heterocycles. The molecule has 1 spiro atoms. The van der Waals surface area contributed by atoms with Crippen LogP contribution in [0.4, 0.5) is 10.1 Å². The maximum absolute atomic E-state index is 14.0. The second kappa shape index (κ2) is 7.94. The first kappa shape index (κ1) is 21.0. The molecule has 3 aromatic carbocycles. The highest BCUT2D eigenvalue weighted by Gasteiger charge is 2.59. The van der Waals surface area contributed by atoms with Gasteiger partial charge in [-0.25, -0.2) is 4.39 Å². The fourth-order valence-electron chi connectivity index (χ4n) is 4.51. The lowest BCUT2D eigenvalue weighted by Crippen LogP contribution is -2.50. The van der Waals surface area contributed by atoms with Crippen molar-refractivity contribution in [3.8, 4) is 0 Å². The van der Waals surface area contributed by atoms with Gasteiger partial charge in [0.1, 0.15) is 5.82 Å². The number of hydrogen-bond donors (Lipinski definition) is 0. The van der Waals surface area contributed by atoms with Crippen LogP contribution in [0.3, 0.4) is 0 Å². The second-order valence-corrected chi connectivity index (χ2v) is 9.73. The van der Waals surface area contributed by atoms with Crippen molar-refractivity contribution in [3.63, 3.8) is 0 Å². The summed E-state index contributed by atoms with van der Waals surface area (Å²) in [6, 6.07) is 19.0. The van der Waals surface area contributed by atoms with Crippen molar-refractivity contribution in [2.45, 2.75) is 18.3 Å². The Morgan fingerprint density at radius 3 is 2.72 bits per heavy atom. The van der Waals surface area contributed by atoms with Crippen molar-refractivity contribution in [2.24, 2.45) is 0 Å². The van der Waals surface area contributed by atoms with Crippen LogP contribution >= 0.6 is 23.4 Å².